The molecule has 0 N–H and O–H groups in total. The fourth-order valence-electron chi connectivity index (χ4n) is 2.08. The number of hydrogen-bond acceptors (Lipinski definition) is 3. The molecule has 0 saturated carbocycles. The minimum atomic E-state index is -0.331. The Kier molecular flexibility index (Phi) is 5.14. The Bertz CT molecular complexity index is 609. The van der Waals surface area contributed by atoms with Gasteiger partial charge < -0.3 is 4.74 Å². The first-order valence-corrected chi connectivity index (χ1v) is 7.21. The maximum Gasteiger partial charge on any atom is 0.160 e. The van der Waals surface area contributed by atoms with Crippen LogP contribution in [0.5, 0.6) is 0 Å². The van der Waals surface area contributed by atoms with Crippen LogP contribution in [0.4, 0.5) is 4.39 Å². The maximum atomic E-state index is 13.0. The molecule has 21 heavy (non-hydrogen) atoms. The minimum Gasteiger partial charge on any atom is -0.373 e. The van der Waals surface area contributed by atoms with Crippen LogP contribution >= 0.6 is 23.2 Å². The van der Waals surface area contributed by atoms with E-state index in [0.29, 0.717) is 17.0 Å². The van der Waals surface area contributed by atoms with Gasteiger partial charge >= 0.3 is 0 Å². The Labute approximate surface area is 133 Å². The Morgan fingerprint density at radius 2 is 1.57 bits per heavy atom. The van der Waals surface area contributed by atoms with Crippen LogP contribution in [0.15, 0.2) is 24.3 Å². The molecule has 112 valence electrons. The Hall–Kier alpha value is -1.23. The van der Waals surface area contributed by atoms with Gasteiger partial charge in [0.2, 0.25) is 0 Å². The van der Waals surface area contributed by atoms with Crippen molar-refractivity contribution >= 4 is 23.2 Å². The van der Waals surface area contributed by atoms with Crippen molar-refractivity contribution in [1.29, 1.82) is 0 Å². The van der Waals surface area contributed by atoms with Gasteiger partial charge in [-0.1, -0.05) is 49.2 Å². The van der Waals surface area contributed by atoms with E-state index in [4.69, 9.17) is 27.9 Å². The molecule has 0 spiro atoms. The summed E-state index contributed by atoms with van der Waals surface area (Å²) in [6.45, 7) is 3.99. The van der Waals surface area contributed by atoms with Crippen molar-refractivity contribution in [2.24, 2.45) is 5.92 Å². The smallest absolute Gasteiger partial charge is 0.160 e. The zero-order valence-corrected chi connectivity index (χ0v) is 13.4. The third kappa shape index (κ3) is 3.51. The van der Waals surface area contributed by atoms with Crippen LogP contribution in [0.25, 0.3) is 11.1 Å². The van der Waals surface area contributed by atoms with Gasteiger partial charge in [-0.2, -0.15) is 0 Å². The van der Waals surface area contributed by atoms with Gasteiger partial charge in [0.25, 0.3) is 0 Å². The Morgan fingerprint density at radius 3 is 2.00 bits per heavy atom. The number of hydrogen-bond donors (Lipinski definition) is 0. The lowest BCUT2D eigenvalue weighted by Gasteiger charge is -2.19. The number of halogens is 3. The molecule has 0 saturated heterocycles. The molecule has 0 aliphatic carbocycles. The van der Waals surface area contributed by atoms with E-state index in [1.165, 1.54) is 12.1 Å². The molecule has 1 aromatic heterocycles. The zero-order valence-electron chi connectivity index (χ0n) is 11.9. The van der Waals surface area contributed by atoms with E-state index in [-0.39, 0.29) is 28.1 Å². The summed E-state index contributed by atoms with van der Waals surface area (Å²) in [5, 5.41) is 0.443. The van der Waals surface area contributed by atoms with Crippen molar-refractivity contribution in [2.45, 2.75) is 20.0 Å². The van der Waals surface area contributed by atoms with Crippen molar-refractivity contribution in [3.8, 4) is 11.1 Å². The molecule has 0 radical (unpaired) electrons. The molecule has 3 nitrogen and oxygen atoms in total. The summed E-state index contributed by atoms with van der Waals surface area (Å²) in [6, 6.07) is 5.84. The zero-order chi connectivity index (χ0) is 15.6. The van der Waals surface area contributed by atoms with E-state index in [9.17, 15) is 4.39 Å². The van der Waals surface area contributed by atoms with E-state index in [1.807, 2.05) is 13.8 Å². The van der Waals surface area contributed by atoms with Crippen LogP contribution in [0.3, 0.4) is 0 Å². The summed E-state index contributed by atoms with van der Waals surface area (Å²) in [5.41, 5.74) is 1.15. The average Bonchev–Trinajstić information content (AvgIpc) is 2.40. The third-order valence-corrected chi connectivity index (χ3v) is 3.63. The van der Waals surface area contributed by atoms with Gasteiger partial charge in [0.1, 0.15) is 22.2 Å². The average molecular weight is 329 g/mol. The molecule has 1 unspecified atom stereocenters. The van der Waals surface area contributed by atoms with Gasteiger partial charge in [0, 0.05) is 7.11 Å². The number of nitrogens with zero attached hydrogens (tertiary/aromatic N) is 2. The summed E-state index contributed by atoms with van der Waals surface area (Å²) in [6.07, 6.45) is -0.290. The van der Waals surface area contributed by atoms with E-state index in [1.54, 1.807) is 19.2 Å². The van der Waals surface area contributed by atoms with Crippen molar-refractivity contribution in [3.63, 3.8) is 0 Å². The van der Waals surface area contributed by atoms with E-state index in [0.717, 1.165) is 0 Å². The second-order valence-electron chi connectivity index (χ2n) is 4.95. The lowest BCUT2D eigenvalue weighted by molar-refractivity contribution is 0.0575. The second-order valence-corrected chi connectivity index (χ2v) is 5.66. The molecule has 1 aromatic carbocycles. The van der Waals surface area contributed by atoms with Gasteiger partial charge in [0.15, 0.2) is 5.82 Å². The van der Waals surface area contributed by atoms with Crippen LogP contribution in [-0.4, -0.2) is 17.1 Å². The summed E-state index contributed by atoms with van der Waals surface area (Å²) >= 11 is 12.5. The summed E-state index contributed by atoms with van der Waals surface area (Å²) < 4.78 is 18.4. The highest BCUT2D eigenvalue weighted by molar-refractivity contribution is 6.37. The van der Waals surface area contributed by atoms with Gasteiger partial charge in [0.05, 0.1) is 5.56 Å². The summed E-state index contributed by atoms with van der Waals surface area (Å²) in [4.78, 5) is 8.55. The Morgan fingerprint density at radius 1 is 1.05 bits per heavy atom. The SMILES string of the molecule is COC(c1nc(Cl)c(-c2ccc(F)cc2)c(Cl)n1)C(C)C. The predicted octanol–water partition coefficient (Wildman–Crippen LogP) is 4.93. The number of ether oxygens (including phenoxy) is 1. The van der Waals surface area contributed by atoms with Crippen molar-refractivity contribution in [3.05, 3.63) is 46.2 Å². The molecule has 0 aliphatic heterocycles. The molecular formula is C15H15Cl2FN2O. The largest absolute Gasteiger partial charge is 0.373 e. The normalized spacial score (nSPS) is 12.7. The van der Waals surface area contributed by atoms with E-state index in [2.05, 4.69) is 9.97 Å². The second kappa shape index (κ2) is 6.69. The van der Waals surface area contributed by atoms with Gasteiger partial charge in [-0.3, -0.25) is 0 Å². The van der Waals surface area contributed by atoms with Gasteiger partial charge in [-0.25, -0.2) is 14.4 Å². The summed E-state index contributed by atoms with van der Waals surface area (Å²) in [7, 11) is 1.59. The fraction of sp³-hybridized carbons (Fsp3) is 0.333. The molecule has 0 amide bonds. The van der Waals surface area contributed by atoms with Crippen molar-refractivity contribution in [2.75, 3.05) is 7.11 Å². The molecule has 2 aromatic rings. The molecule has 0 aliphatic rings. The molecule has 6 heteroatoms. The third-order valence-electron chi connectivity index (χ3n) is 3.08. The lowest BCUT2D eigenvalue weighted by Crippen LogP contribution is -2.13. The van der Waals surface area contributed by atoms with Gasteiger partial charge in [-0.15, -0.1) is 0 Å². The van der Waals surface area contributed by atoms with Crippen LogP contribution in [0.1, 0.15) is 25.8 Å². The first kappa shape index (κ1) is 16.1. The first-order valence-electron chi connectivity index (χ1n) is 6.45. The van der Waals surface area contributed by atoms with Crippen LogP contribution in [-0.2, 0) is 4.74 Å². The maximum absolute atomic E-state index is 13.0. The summed E-state index contributed by atoms with van der Waals surface area (Å²) in [5.74, 6) is 0.287. The topological polar surface area (TPSA) is 35.0 Å². The molecule has 2 rings (SSSR count). The standard InChI is InChI=1S/C15H15Cl2FN2O/c1-8(2)12(21-3)15-19-13(16)11(14(17)20-15)9-4-6-10(18)7-5-9/h4-8,12H,1-3H3. The highest BCUT2D eigenvalue weighted by atomic mass is 35.5. The quantitative estimate of drug-likeness (QED) is 0.746. The minimum absolute atomic E-state index is 0.179. The molecule has 0 bridgehead atoms. The molecule has 1 atom stereocenters. The Balaban J connectivity index is 2.49. The highest BCUT2D eigenvalue weighted by Crippen LogP contribution is 2.34. The van der Waals surface area contributed by atoms with Gasteiger partial charge in [-0.05, 0) is 23.6 Å². The molecular weight excluding hydrogens is 314 g/mol. The number of aromatic nitrogens is 2. The molecule has 1 heterocycles. The lowest BCUT2D eigenvalue weighted by atomic mass is 10.1. The predicted molar refractivity (Wildman–Crippen MR) is 82.0 cm³/mol. The number of benzene rings is 1. The fourth-order valence-corrected chi connectivity index (χ4v) is 2.70. The molecule has 0 fully saturated rings. The first-order chi connectivity index (χ1) is 9.93. The van der Waals surface area contributed by atoms with Crippen molar-refractivity contribution < 1.29 is 9.13 Å². The van der Waals surface area contributed by atoms with Crippen LogP contribution in [0, 0.1) is 11.7 Å². The number of rotatable bonds is 4. The van der Waals surface area contributed by atoms with Crippen LogP contribution < -0.4 is 0 Å². The van der Waals surface area contributed by atoms with E-state index < -0.39 is 0 Å². The monoisotopic (exact) mass is 328 g/mol. The highest BCUT2D eigenvalue weighted by Gasteiger charge is 2.22. The van der Waals surface area contributed by atoms with E-state index >= 15 is 0 Å². The number of methoxy groups -OCH3 is 1. The van der Waals surface area contributed by atoms with Crippen LogP contribution in [0.2, 0.25) is 10.3 Å². The van der Waals surface area contributed by atoms with Crippen molar-refractivity contribution in [1.82, 2.24) is 9.97 Å².